The number of rotatable bonds is 5. The molecule has 5 nitrogen and oxygen atoms in total. The Morgan fingerprint density at radius 1 is 1.27 bits per heavy atom. The molecule has 0 saturated carbocycles. The van der Waals surface area contributed by atoms with E-state index in [4.69, 9.17) is 17.3 Å². The molecule has 0 aliphatic rings. The molecule has 2 rings (SSSR count). The fourth-order valence-corrected chi connectivity index (χ4v) is 2.58. The zero-order valence-corrected chi connectivity index (χ0v) is 13.3. The van der Waals surface area contributed by atoms with Crippen LogP contribution in [0.25, 0.3) is 5.69 Å². The van der Waals surface area contributed by atoms with Gasteiger partial charge in [0.25, 0.3) is 5.91 Å². The molecule has 22 heavy (non-hydrogen) atoms. The molecule has 2 amide bonds. The van der Waals surface area contributed by atoms with E-state index in [0.717, 1.165) is 17.1 Å². The lowest BCUT2D eigenvalue weighted by molar-refractivity contribution is -0.117. The van der Waals surface area contributed by atoms with Gasteiger partial charge in [0.05, 0.1) is 5.56 Å². The van der Waals surface area contributed by atoms with Gasteiger partial charge in [0.2, 0.25) is 5.91 Å². The number of nitrogens with one attached hydrogen (secondary N) is 1. The van der Waals surface area contributed by atoms with Gasteiger partial charge in [-0.2, -0.15) is 0 Å². The fourth-order valence-electron chi connectivity index (χ4n) is 2.40. The van der Waals surface area contributed by atoms with E-state index in [0.29, 0.717) is 10.6 Å². The number of aromatic nitrogens is 1. The van der Waals surface area contributed by atoms with Gasteiger partial charge in [-0.1, -0.05) is 17.7 Å². The van der Waals surface area contributed by atoms with Gasteiger partial charge in [0.1, 0.15) is 0 Å². The Bertz CT molecular complexity index is 722. The third-order valence-electron chi connectivity index (χ3n) is 3.40. The lowest BCUT2D eigenvalue weighted by Gasteiger charge is -2.10. The average molecular weight is 320 g/mol. The fraction of sp³-hybridized carbons (Fsp3) is 0.250. The Hall–Kier alpha value is -2.27. The predicted molar refractivity (Wildman–Crippen MR) is 86.4 cm³/mol. The van der Waals surface area contributed by atoms with Crippen LogP contribution in [0.2, 0.25) is 5.02 Å². The first-order valence-corrected chi connectivity index (χ1v) is 7.29. The zero-order chi connectivity index (χ0) is 16.3. The standard InChI is InChI=1S/C16H18ClN3O2/c1-10-8-14(16(22)19-7-6-15(18)21)11(2)20(10)13-5-3-4-12(17)9-13/h3-5,8-9H,6-7H2,1-2H3,(H2,18,21)(H,19,22). The van der Waals surface area contributed by atoms with E-state index in [1.165, 1.54) is 0 Å². The second-order valence-corrected chi connectivity index (χ2v) is 5.51. The molecule has 116 valence electrons. The number of primary amides is 1. The molecule has 0 fully saturated rings. The quantitative estimate of drug-likeness (QED) is 0.887. The highest BCUT2D eigenvalue weighted by molar-refractivity contribution is 6.30. The lowest BCUT2D eigenvalue weighted by Crippen LogP contribution is -2.28. The first kappa shape index (κ1) is 16.1. The molecule has 0 radical (unpaired) electrons. The van der Waals surface area contributed by atoms with Crippen LogP contribution in [0.5, 0.6) is 0 Å². The van der Waals surface area contributed by atoms with Crippen molar-refractivity contribution in [3.8, 4) is 5.69 Å². The Morgan fingerprint density at radius 3 is 2.64 bits per heavy atom. The van der Waals surface area contributed by atoms with Crippen molar-refractivity contribution in [2.45, 2.75) is 20.3 Å². The maximum atomic E-state index is 12.2. The predicted octanol–water partition coefficient (Wildman–Crippen LogP) is 2.35. The van der Waals surface area contributed by atoms with E-state index >= 15 is 0 Å². The van der Waals surface area contributed by atoms with Gasteiger partial charge in [-0.15, -0.1) is 0 Å². The molecule has 6 heteroatoms. The topological polar surface area (TPSA) is 77.1 Å². The van der Waals surface area contributed by atoms with E-state index in [2.05, 4.69) is 5.32 Å². The molecule has 2 aromatic rings. The van der Waals surface area contributed by atoms with Crippen LogP contribution in [0.15, 0.2) is 30.3 Å². The number of benzene rings is 1. The molecule has 0 saturated heterocycles. The summed E-state index contributed by atoms with van der Waals surface area (Å²) in [7, 11) is 0. The molecule has 1 aromatic carbocycles. The Kier molecular flexibility index (Phi) is 4.88. The molecular formula is C16H18ClN3O2. The second-order valence-electron chi connectivity index (χ2n) is 5.07. The smallest absolute Gasteiger partial charge is 0.253 e. The Morgan fingerprint density at radius 2 is 2.00 bits per heavy atom. The average Bonchev–Trinajstić information content (AvgIpc) is 2.73. The summed E-state index contributed by atoms with van der Waals surface area (Å²) in [6.07, 6.45) is 0.124. The van der Waals surface area contributed by atoms with Gasteiger partial charge in [0, 0.05) is 35.1 Å². The normalized spacial score (nSPS) is 10.5. The minimum atomic E-state index is -0.440. The van der Waals surface area contributed by atoms with E-state index in [1.54, 1.807) is 6.07 Å². The van der Waals surface area contributed by atoms with E-state index in [1.807, 2.05) is 42.7 Å². The van der Waals surface area contributed by atoms with Gasteiger partial charge in [-0.05, 0) is 38.1 Å². The van der Waals surface area contributed by atoms with Crippen LogP contribution >= 0.6 is 11.6 Å². The summed E-state index contributed by atoms with van der Waals surface area (Å²) in [5.74, 6) is -0.660. The third-order valence-corrected chi connectivity index (χ3v) is 3.63. The SMILES string of the molecule is Cc1cc(C(=O)NCCC(N)=O)c(C)n1-c1cccc(Cl)c1. The minimum Gasteiger partial charge on any atom is -0.370 e. The van der Waals surface area contributed by atoms with Crippen LogP contribution in [-0.4, -0.2) is 22.9 Å². The lowest BCUT2D eigenvalue weighted by atomic mass is 10.2. The number of amides is 2. The van der Waals surface area contributed by atoms with E-state index < -0.39 is 5.91 Å². The molecule has 1 aromatic heterocycles. The van der Waals surface area contributed by atoms with Crippen molar-refractivity contribution >= 4 is 23.4 Å². The highest BCUT2D eigenvalue weighted by atomic mass is 35.5. The molecule has 0 aliphatic carbocycles. The van der Waals surface area contributed by atoms with Gasteiger partial charge in [-0.25, -0.2) is 0 Å². The number of halogens is 1. The monoisotopic (exact) mass is 319 g/mol. The summed E-state index contributed by atoms with van der Waals surface area (Å²) in [5.41, 5.74) is 8.28. The van der Waals surface area contributed by atoms with Crippen molar-refractivity contribution in [1.29, 1.82) is 0 Å². The van der Waals surface area contributed by atoms with E-state index in [-0.39, 0.29) is 18.9 Å². The van der Waals surface area contributed by atoms with Crippen molar-refractivity contribution in [2.24, 2.45) is 5.73 Å². The number of nitrogens with two attached hydrogens (primary N) is 1. The molecule has 0 bridgehead atoms. The van der Waals surface area contributed by atoms with Crippen molar-refractivity contribution in [3.63, 3.8) is 0 Å². The van der Waals surface area contributed by atoms with Crippen LogP contribution in [0.4, 0.5) is 0 Å². The molecule has 1 heterocycles. The molecule has 0 aliphatic heterocycles. The minimum absolute atomic E-state index is 0.124. The molecule has 0 spiro atoms. The van der Waals surface area contributed by atoms with Crippen LogP contribution in [0, 0.1) is 13.8 Å². The van der Waals surface area contributed by atoms with Crippen molar-refractivity contribution in [1.82, 2.24) is 9.88 Å². The summed E-state index contributed by atoms with van der Waals surface area (Å²) >= 11 is 6.03. The highest BCUT2D eigenvalue weighted by Gasteiger charge is 2.16. The number of hydrogen-bond acceptors (Lipinski definition) is 2. The maximum Gasteiger partial charge on any atom is 0.253 e. The van der Waals surface area contributed by atoms with E-state index in [9.17, 15) is 9.59 Å². The van der Waals surface area contributed by atoms with Gasteiger partial charge < -0.3 is 15.6 Å². The Balaban J connectivity index is 2.27. The number of nitrogens with zero attached hydrogens (tertiary/aromatic N) is 1. The first-order valence-electron chi connectivity index (χ1n) is 6.91. The Labute approximate surface area is 134 Å². The molecule has 3 N–H and O–H groups in total. The van der Waals surface area contributed by atoms with Crippen molar-refractivity contribution < 1.29 is 9.59 Å². The summed E-state index contributed by atoms with van der Waals surface area (Å²) in [6.45, 7) is 4.03. The largest absolute Gasteiger partial charge is 0.370 e. The van der Waals surface area contributed by atoms with Crippen molar-refractivity contribution in [3.05, 3.63) is 52.3 Å². The van der Waals surface area contributed by atoms with Crippen LogP contribution in [-0.2, 0) is 4.79 Å². The zero-order valence-electron chi connectivity index (χ0n) is 12.5. The highest BCUT2D eigenvalue weighted by Crippen LogP contribution is 2.22. The molecular weight excluding hydrogens is 302 g/mol. The van der Waals surface area contributed by atoms with Crippen LogP contribution in [0.3, 0.4) is 0 Å². The molecule has 0 unspecified atom stereocenters. The summed E-state index contributed by atoms with van der Waals surface area (Å²) in [4.78, 5) is 22.9. The second kappa shape index (κ2) is 6.66. The summed E-state index contributed by atoms with van der Waals surface area (Å²) in [5, 5.41) is 3.33. The summed E-state index contributed by atoms with van der Waals surface area (Å²) < 4.78 is 1.97. The maximum absolute atomic E-state index is 12.2. The first-order chi connectivity index (χ1) is 10.4. The number of carbonyl (C=O) groups is 2. The number of carbonyl (C=O) groups excluding carboxylic acids is 2. The van der Waals surface area contributed by atoms with Crippen LogP contribution < -0.4 is 11.1 Å². The van der Waals surface area contributed by atoms with Gasteiger partial charge in [0.15, 0.2) is 0 Å². The summed E-state index contributed by atoms with van der Waals surface area (Å²) in [6, 6.07) is 9.26. The molecule has 0 atom stereocenters. The van der Waals surface area contributed by atoms with Crippen molar-refractivity contribution in [2.75, 3.05) is 6.54 Å². The van der Waals surface area contributed by atoms with Gasteiger partial charge in [-0.3, -0.25) is 9.59 Å². The third kappa shape index (κ3) is 3.49. The van der Waals surface area contributed by atoms with Crippen LogP contribution in [0.1, 0.15) is 28.2 Å². The van der Waals surface area contributed by atoms with Gasteiger partial charge >= 0.3 is 0 Å². The number of aryl methyl sites for hydroxylation is 1. The number of hydrogen-bond donors (Lipinski definition) is 2.